The van der Waals surface area contributed by atoms with E-state index in [0.29, 0.717) is 5.02 Å². The summed E-state index contributed by atoms with van der Waals surface area (Å²) < 4.78 is 92.3. The normalized spacial score (nSPS) is 24.2. The molecule has 2 aromatic carbocycles. The van der Waals surface area contributed by atoms with Crippen molar-refractivity contribution < 1.29 is 39.9 Å². The first-order valence-corrected chi connectivity index (χ1v) is 14.5. The maximum absolute atomic E-state index is 15.3. The van der Waals surface area contributed by atoms with E-state index in [1.165, 1.54) is 24.3 Å². The van der Waals surface area contributed by atoms with Crippen molar-refractivity contribution in [2.24, 2.45) is 5.92 Å². The molecule has 0 amide bonds. The van der Waals surface area contributed by atoms with Crippen molar-refractivity contribution in [2.45, 2.75) is 35.5 Å². The molecule has 2 aliphatic rings. The smallest absolute Gasteiger partial charge is 0.189 e. The molecule has 0 unspecified atom stereocenters. The van der Waals surface area contributed by atoms with Crippen LogP contribution in [0.25, 0.3) is 0 Å². The van der Waals surface area contributed by atoms with Gasteiger partial charge in [0.1, 0.15) is 22.1 Å². The molecular weight excluding hydrogens is 526 g/mol. The highest BCUT2D eigenvalue weighted by molar-refractivity contribution is 7.92. The number of benzene rings is 2. The zero-order chi connectivity index (χ0) is 25.6. The number of fused-ring (bicyclic) bond motifs is 3. The number of rotatable bonds is 7. The molecule has 0 N–H and O–H groups in total. The fourth-order valence-corrected chi connectivity index (χ4v) is 8.84. The summed E-state index contributed by atoms with van der Waals surface area (Å²) in [7, 11) is -8.16. The first kappa shape index (κ1) is 26.0. The van der Waals surface area contributed by atoms with Gasteiger partial charge in [-0.15, -0.1) is 0 Å². The maximum atomic E-state index is 15.3. The molecule has 190 valence electrons. The summed E-state index contributed by atoms with van der Waals surface area (Å²) in [5, 5.41) is 0.295. The summed E-state index contributed by atoms with van der Waals surface area (Å²) in [6.45, 7) is 0.676. The summed E-state index contributed by atoms with van der Waals surface area (Å²) >= 11 is 5.93. The molecule has 2 aromatic rings. The van der Waals surface area contributed by atoms with Gasteiger partial charge >= 0.3 is 0 Å². The van der Waals surface area contributed by atoms with E-state index in [9.17, 15) is 26.0 Å². The average Bonchev–Trinajstić information content (AvgIpc) is 2.79. The standard InChI is InChI=1S/C23H23ClF2O7S2/c1-14(27)13-34(28,29)11-8-20-17-12-33-22-19(26)7-6-18(25)21(22)23(17,9-10-32-20)35(30,31)16-4-2-15(24)3-5-16/h2-7,17,20H,8-13H2,1H3/t17-,20-,23-/m0/s1. The van der Waals surface area contributed by atoms with Gasteiger partial charge in [0, 0.05) is 17.5 Å². The quantitative estimate of drug-likeness (QED) is 0.522. The minimum atomic E-state index is -4.39. The first-order valence-electron chi connectivity index (χ1n) is 10.8. The molecule has 35 heavy (non-hydrogen) atoms. The van der Waals surface area contributed by atoms with Crippen LogP contribution in [0, 0.1) is 17.6 Å². The van der Waals surface area contributed by atoms with Crippen LogP contribution in [0.1, 0.15) is 25.3 Å². The minimum Gasteiger partial charge on any atom is -0.490 e. The molecule has 1 saturated heterocycles. The number of halogens is 3. The van der Waals surface area contributed by atoms with Crippen molar-refractivity contribution in [3.8, 4) is 5.75 Å². The lowest BCUT2D eigenvalue weighted by atomic mass is 9.75. The van der Waals surface area contributed by atoms with Crippen LogP contribution in [0.3, 0.4) is 0 Å². The van der Waals surface area contributed by atoms with Crippen molar-refractivity contribution in [1.82, 2.24) is 0 Å². The zero-order valence-electron chi connectivity index (χ0n) is 18.7. The van der Waals surface area contributed by atoms with E-state index in [1.54, 1.807) is 0 Å². The zero-order valence-corrected chi connectivity index (χ0v) is 21.1. The van der Waals surface area contributed by atoms with E-state index < -0.39 is 76.7 Å². The lowest BCUT2D eigenvalue weighted by Crippen LogP contribution is -2.57. The Balaban J connectivity index is 1.86. The Morgan fingerprint density at radius 3 is 2.40 bits per heavy atom. The van der Waals surface area contributed by atoms with Crippen LogP contribution in [-0.4, -0.2) is 53.4 Å². The third-order valence-corrected chi connectivity index (χ3v) is 11.0. The van der Waals surface area contributed by atoms with Gasteiger partial charge in [-0.25, -0.2) is 25.6 Å². The summed E-state index contributed by atoms with van der Waals surface area (Å²) in [5.41, 5.74) is -0.427. The first-order chi connectivity index (χ1) is 16.4. The fourth-order valence-electron chi connectivity index (χ4n) is 5.01. The maximum Gasteiger partial charge on any atom is 0.189 e. The third kappa shape index (κ3) is 4.59. The highest BCUT2D eigenvalue weighted by Crippen LogP contribution is 2.55. The van der Waals surface area contributed by atoms with Crippen LogP contribution in [0.2, 0.25) is 5.02 Å². The Hall–Kier alpha value is -2.08. The van der Waals surface area contributed by atoms with Gasteiger partial charge < -0.3 is 9.47 Å². The molecule has 2 heterocycles. The number of hydrogen-bond acceptors (Lipinski definition) is 7. The van der Waals surface area contributed by atoms with Gasteiger partial charge in [0.05, 0.1) is 28.9 Å². The largest absolute Gasteiger partial charge is 0.490 e. The molecule has 3 atom stereocenters. The Morgan fingerprint density at radius 1 is 1.09 bits per heavy atom. The molecule has 4 rings (SSSR count). The molecule has 1 fully saturated rings. The predicted molar refractivity (Wildman–Crippen MR) is 124 cm³/mol. The molecular formula is C23H23ClF2O7S2. The van der Waals surface area contributed by atoms with Gasteiger partial charge in [-0.05, 0) is 56.2 Å². The number of hydrogen-bond donors (Lipinski definition) is 0. The third-order valence-electron chi connectivity index (χ3n) is 6.48. The fraction of sp³-hybridized carbons (Fsp3) is 0.435. The van der Waals surface area contributed by atoms with Gasteiger partial charge in [0.15, 0.2) is 31.2 Å². The average molecular weight is 549 g/mol. The van der Waals surface area contributed by atoms with Gasteiger partial charge in [0.2, 0.25) is 0 Å². The summed E-state index contributed by atoms with van der Waals surface area (Å²) in [6.07, 6.45) is -1.31. The number of ketones is 1. The predicted octanol–water partition coefficient (Wildman–Crippen LogP) is 3.48. The molecule has 0 aromatic heterocycles. The van der Waals surface area contributed by atoms with Crippen LogP contribution in [0.15, 0.2) is 41.3 Å². The van der Waals surface area contributed by atoms with Crippen LogP contribution in [0.4, 0.5) is 8.78 Å². The number of ether oxygens (including phenoxy) is 2. The number of sulfone groups is 2. The number of carbonyl (C=O) groups is 1. The number of carbonyl (C=O) groups excluding carboxylic acids is 1. The molecule has 7 nitrogen and oxygen atoms in total. The van der Waals surface area contributed by atoms with E-state index in [1.807, 2.05) is 0 Å². The Kier molecular flexibility index (Phi) is 7.00. The summed E-state index contributed by atoms with van der Waals surface area (Å²) in [5.74, 6) is -5.01. The van der Waals surface area contributed by atoms with E-state index in [-0.39, 0.29) is 31.0 Å². The number of Topliss-reactive ketones (excluding diaryl/α,β-unsaturated/α-hetero) is 1. The molecule has 0 bridgehead atoms. The molecule has 0 radical (unpaired) electrons. The molecule has 0 spiro atoms. The Morgan fingerprint density at radius 2 is 1.74 bits per heavy atom. The molecule has 0 aliphatic carbocycles. The van der Waals surface area contributed by atoms with Crippen LogP contribution in [0.5, 0.6) is 5.75 Å². The molecule has 12 heteroatoms. The van der Waals surface area contributed by atoms with E-state index in [4.69, 9.17) is 21.1 Å². The van der Waals surface area contributed by atoms with Gasteiger partial charge in [-0.2, -0.15) is 0 Å². The van der Waals surface area contributed by atoms with E-state index in [0.717, 1.165) is 19.1 Å². The van der Waals surface area contributed by atoms with Gasteiger partial charge in [-0.3, -0.25) is 4.79 Å². The topological polar surface area (TPSA) is 104 Å². The van der Waals surface area contributed by atoms with Crippen molar-refractivity contribution in [3.05, 3.63) is 58.6 Å². The second-order valence-electron chi connectivity index (χ2n) is 8.74. The van der Waals surface area contributed by atoms with Gasteiger partial charge in [0.25, 0.3) is 0 Å². The summed E-state index contributed by atoms with van der Waals surface area (Å²) in [6, 6.07) is 7.05. The Labute approximate surface area is 207 Å². The monoisotopic (exact) mass is 548 g/mol. The van der Waals surface area contributed by atoms with E-state index in [2.05, 4.69) is 0 Å². The van der Waals surface area contributed by atoms with Crippen molar-refractivity contribution in [2.75, 3.05) is 24.7 Å². The highest BCUT2D eigenvalue weighted by Gasteiger charge is 2.61. The summed E-state index contributed by atoms with van der Waals surface area (Å²) in [4.78, 5) is 11.2. The van der Waals surface area contributed by atoms with Gasteiger partial charge in [-0.1, -0.05) is 11.6 Å². The van der Waals surface area contributed by atoms with Crippen LogP contribution >= 0.6 is 11.6 Å². The van der Waals surface area contributed by atoms with Crippen molar-refractivity contribution in [1.29, 1.82) is 0 Å². The molecule has 2 aliphatic heterocycles. The highest BCUT2D eigenvalue weighted by atomic mass is 35.5. The SMILES string of the molecule is CC(=O)CS(=O)(=O)CC[C@@H]1OCC[C@@]2(S(=O)(=O)c3ccc(Cl)cc3)c3c(F)ccc(F)c3OC[C@@H]12. The van der Waals surface area contributed by atoms with Crippen molar-refractivity contribution in [3.63, 3.8) is 0 Å². The second kappa shape index (κ2) is 9.42. The molecule has 0 saturated carbocycles. The lowest BCUT2D eigenvalue weighted by molar-refractivity contribution is -0.114. The minimum absolute atomic E-state index is 0.143. The van der Waals surface area contributed by atoms with Crippen molar-refractivity contribution >= 4 is 37.1 Å². The van der Waals surface area contributed by atoms with Crippen LogP contribution < -0.4 is 4.74 Å². The van der Waals surface area contributed by atoms with E-state index >= 15 is 4.39 Å². The van der Waals surface area contributed by atoms with Crippen LogP contribution in [-0.2, 0) is 34.0 Å². The Bertz CT molecular complexity index is 1360. The lowest BCUT2D eigenvalue weighted by Gasteiger charge is -2.50. The second-order valence-corrected chi connectivity index (χ2v) is 13.6.